The summed E-state index contributed by atoms with van der Waals surface area (Å²) in [6, 6.07) is 4.16. The second-order valence-electron chi connectivity index (χ2n) is 4.77. The number of thioether (sulfide) groups is 1. The summed E-state index contributed by atoms with van der Waals surface area (Å²) in [7, 11) is 0. The molecule has 1 amide bonds. The number of nitrogens with zero attached hydrogens (tertiary/aromatic N) is 4. The van der Waals surface area contributed by atoms with Crippen LogP contribution in [0, 0.1) is 6.92 Å². The highest BCUT2D eigenvalue weighted by Gasteiger charge is 2.10. The fourth-order valence-electron chi connectivity index (χ4n) is 1.89. The number of hydrogen-bond acceptors (Lipinski definition) is 7. The number of aromatic nitrogens is 4. The summed E-state index contributed by atoms with van der Waals surface area (Å²) in [5, 5.41) is 16.2. The number of aryl methyl sites for hydroxylation is 3. The molecule has 0 unspecified atom stereocenters. The van der Waals surface area contributed by atoms with Gasteiger partial charge < -0.3 is 9.88 Å². The average molecular weight is 366 g/mol. The zero-order chi connectivity index (χ0) is 16.1. The van der Waals surface area contributed by atoms with Crippen LogP contribution in [0.25, 0.3) is 0 Å². The Morgan fingerprint density at radius 2 is 2.35 bits per heavy atom. The topological polar surface area (TPSA) is 72.7 Å². The van der Waals surface area contributed by atoms with Crippen molar-refractivity contribution in [2.75, 3.05) is 11.1 Å². The van der Waals surface area contributed by atoms with E-state index in [1.165, 1.54) is 28.0 Å². The van der Waals surface area contributed by atoms with Crippen molar-refractivity contribution in [2.45, 2.75) is 25.0 Å². The predicted octanol–water partition coefficient (Wildman–Crippen LogP) is 3.08. The van der Waals surface area contributed by atoms with E-state index < -0.39 is 0 Å². The molecule has 3 heterocycles. The Morgan fingerprint density at radius 1 is 1.43 bits per heavy atom. The molecule has 0 aliphatic rings. The SMILES string of the molecule is Cc1csc(NC(=O)CSc2nncn2CCc2cccs2)n1. The molecule has 3 aromatic rings. The van der Waals surface area contributed by atoms with Gasteiger partial charge in [-0.15, -0.1) is 32.9 Å². The standard InChI is InChI=1S/C14H15N5OS3/c1-10-7-22-13(16-10)17-12(20)8-23-14-18-15-9-19(14)5-4-11-3-2-6-21-11/h2-3,6-7,9H,4-5,8H2,1H3,(H,16,17,20). The molecule has 0 bridgehead atoms. The van der Waals surface area contributed by atoms with Crippen LogP contribution in [0.15, 0.2) is 34.4 Å². The highest BCUT2D eigenvalue weighted by atomic mass is 32.2. The average Bonchev–Trinajstić information content (AvgIpc) is 3.25. The maximum absolute atomic E-state index is 12.0. The van der Waals surface area contributed by atoms with E-state index in [9.17, 15) is 4.79 Å². The molecule has 3 aromatic heterocycles. The molecule has 3 rings (SSSR count). The zero-order valence-corrected chi connectivity index (χ0v) is 14.9. The quantitative estimate of drug-likeness (QED) is 0.652. The summed E-state index contributed by atoms with van der Waals surface area (Å²) in [4.78, 5) is 17.5. The minimum Gasteiger partial charge on any atom is -0.308 e. The molecular weight excluding hydrogens is 350 g/mol. The number of rotatable bonds is 7. The van der Waals surface area contributed by atoms with Crippen molar-refractivity contribution in [3.05, 3.63) is 39.8 Å². The number of thiazole rings is 1. The first-order valence-corrected chi connectivity index (χ1v) is 9.70. The Balaban J connectivity index is 1.50. The minimum atomic E-state index is -0.0860. The molecule has 1 N–H and O–H groups in total. The normalized spacial score (nSPS) is 10.8. The molecule has 0 saturated heterocycles. The number of carbonyl (C=O) groups excluding carboxylic acids is 1. The van der Waals surface area contributed by atoms with E-state index in [0.29, 0.717) is 5.13 Å². The first-order valence-electron chi connectivity index (χ1n) is 6.95. The van der Waals surface area contributed by atoms with Crippen molar-refractivity contribution < 1.29 is 4.79 Å². The Hall–Kier alpha value is -1.71. The number of anilines is 1. The molecule has 9 heteroatoms. The van der Waals surface area contributed by atoms with Crippen molar-refractivity contribution in [1.82, 2.24) is 19.7 Å². The number of nitrogens with one attached hydrogen (secondary N) is 1. The van der Waals surface area contributed by atoms with E-state index >= 15 is 0 Å². The van der Waals surface area contributed by atoms with Gasteiger partial charge >= 0.3 is 0 Å². The number of carbonyl (C=O) groups is 1. The molecule has 120 valence electrons. The molecule has 0 aliphatic heterocycles. The molecule has 0 aromatic carbocycles. The van der Waals surface area contributed by atoms with Gasteiger partial charge in [0.15, 0.2) is 10.3 Å². The maximum Gasteiger partial charge on any atom is 0.236 e. The Kier molecular flexibility index (Phi) is 5.42. The summed E-state index contributed by atoms with van der Waals surface area (Å²) < 4.78 is 1.98. The van der Waals surface area contributed by atoms with Gasteiger partial charge in [0, 0.05) is 16.8 Å². The third-order valence-corrected chi connectivity index (χ3v) is 5.75. The van der Waals surface area contributed by atoms with Gasteiger partial charge in [0.2, 0.25) is 5.91 Å². The first-order chi connectivity index (χ1) is 11.2. The molecule has 0 fully saturated rings. The zero-order valence-electron chi connectivity index (χ0n) is 12.4. The number of amides is 1. The van der Waals surface area contributed by atoms with Crippen LogP contribution < -0.4 is 5.32 Å². The number of thiophene rings is 1. The number of hydrogen-bond donors (Lipinski definition) is 1. The molecular formula is C14H15N5OS3. The summed E-state index contributed by atoms with van der Waals surface area (Å²) in [6.07, 6.45) is 2.64. The largest absolute Gasteiger partial charge is 0.308 e. The van der Waals surface area contributed by atoms with Gasteiger partial charge in [-0.2, -0.15) is 0 Å². The van der Waals surface area contributed by atoms with Gasteiger partial charge in [-0.25, -0.2) is 4.98 Å². The molecule has 0 saturated carbocycles. The fourth-order valence-corrected chi connectivity index (χ4v) is 4.04. The van der Waals surface area contributed by atoms with E-state index in [-0.39, 0.29) is 11.7 Å². The van der Waals surface area contributed by atoms with Crippen LogP contribution in [-0.2, 0) is 17.8 Å². The Morgan fingerprint density at radius 3 is 3.09 bits per heavy atom. The van der Waals surface area contributed by atoms with Crippen molar-refractivity contribution in [2.24, 2.45) is 0 Å². The molecule has 0 atom stereocenters. The molecule has 23 heavy (non-hydrogen) atoms. The van der Waals surface area contributed by atoms with Crippen molar-refractivity contribution >= 4 is 45.5 Å². The highest BCUT2D eigenvalue weighted by molar-refractivity contribution is 7.99. The Bertz CT molecular complexity index is 765. The van der Waals surface area contributed by atoms with Crippen LogP contribution in [0.3, 0.4) is 0 Å². The molecule has 0 aliphatic carbocycles. The monoisotopic (exact) mass is 365 g/mol. The lowest BCUT2D eigenvalue weighted by Crippen LogP contribution is -2.14. The maximum atomic E-state index is 12.0. The van der Waals surface area contributed by atoms with Gasteiger partial charge in [-0.1, -0.05) is 17.8 Å². The van der Waals surface area contributed by atoms with Crippen LogP contribution in [0.2, 0.25) is 0 Å². The first kappa shape index (κ1) is 16.2. The summed E-state index contributed by atoms with van der Waals surface area (Å²) in [5.41, 5.74) is 0.909. The van der Waals surface area contributed by atoms with E-state index in [2.05, 4.69) is 31.9 Å². The molecule has 0 spiro atoms. The molecule has 6 nitrogen and oxygen atoms in total. The van der Waals surface area contributed by atoms with Crippen LogP contribution >= 0.6 is 34.4 Å². The van der Waals surface area contributed by atoms with Gasteiger partial charge in [-0.05, 0) is 24.8 Å². The fraction of sp³-hybridized carbons (Fsp3) is 0.286. The van der Waals surface area contributed by atoms with Crippen molar-refractivity contribution in [3.8, 4) is 0 Å². The third kappa shape index (κ3) is 4.63. The van der Waals surface area contributed by atoms with Crippen LogP contribution in [0.1, 0.15) is 10.6 Å². The second kappa shape index (κ2) is 7.71. The highest BCUT2D eigenvalue weighted by Crippen LogP contribution is 2.18. The third-order valence-electron chi connectivity index (χ3n) is 2.96. The summed E-state index contributed by atoms with van der Waals surface area (Å²) in [6.45, 7) is 2.71. The lowest BCUT2D eigenvalue weighted by atomic mass is 10.3. The van der Waals surface area contributed by atoms with Crippen LogP contribution in [0.4, 0.5) is 5.13 Å². The van der Waals surface area contributed by atoms with Crippen molar-refractivity contribution in [1.29, 1.82) is 0 Å². The lowest BCUT2D eigenvalue weighted by Gasteiger charge is -2.05. The van der Waals surface area contributed by atoms with E-state index in [1.807, 2.05) is 22.9 Å². The van der Waals surface area contributed by atoms with Gasteiger partial charge in [0.05, 0.1) is 11.4 Å². The lowest BCUT2D eigenvalue weighted by molar-refractivity contribution is -0.113. The summed E-state index contributed by atoms with van der Waals surface area (Å²) in [5.74, 6) is 0.202. The van der Waals surface area contributed by atoms with Crippen molar-refractivity contribution in [3.63, 3.8) is 0 Å². The summed E-state index contributed by atoms with van der Waals surface area (Å²) >= 11 is 4.55. The van der Waals surface area contributed by atoms with Gasteiger partial charge in [-0.3, -0.25) is 4.79 Å². The predicted molar refractivity (Wildman–Crippen MR) is 94.2 cm³/mol. The van der Waals surface area contributed by atoms with E-state index in [1.54, 1.807) is 17.7 Å². The van der Waals surface area contributed by atoms with Crippen LogP contribution in [-0.4, -0.2) is 31.4 Å². The van der Waals surface area contributed by atoms with E-state index in [4.69, 9.17) is 0 Å². The second-order valence-corrected chi connectivity index (χ2v) is 7.60. The molecule has 0 radical (unpaired) electrons. The Labute approximate surface area is 146 Å². The van der Waals surface area contributed by atoms with Crippen LogP contribution in [0.5, 0.6) is 0 Å². The van der Waals surface area contributed by atoms with Gasteiger partial charge in [0.1, 0.15) is 6.33 Å². The smallest absolute Gasteiger partial charge is 0.236 e. The minimum absolute atomic E-state index is 0.0860. The van der Waals surface area contributed by atoms with Gasteiger partial charge in [0.25, 0.3) is 0 Å². The van der Waals surface area contributed by atoms with E-state index in [0.717, 1.165) is 23.8 Å².